The van der Waals surface area contributed by atoms with Crippen LogP contribution in [0.5, 0.6) is 11.5 Å². The first-order valence-corrected chi connectivity index (χ1v) is 14.0. The largest absolute Gasteiger partial charge is 0.493 e. The molecule has 200 valence electrons. The molecule has 6 nitrogen and oxygen atoms in total. The monoisotopic (exact) mass is 681 g/mol. The number of halogens is 3. The van der Waals surface area contributed by atoms with Crippen LogP contribution in [0.25, 0.3) is 22.2 Å². The van der Waals surface area contributed by atoms with Gasteiger partial charge in [0.1, 0.15) is 6.61 Å². The minimum Gasteiger partial charge on any atom is -0.493 e. The average Bonchev–Trinajstić information content (AvgIpc) is 2.97. The highest BCUT2D eigenvalue weighted by atomic mass is 127. The van der Waals surface area contributed by atoms with Gasteiger partial charge < -0.3 is 9.47 Å². The number of hydrogen-bond acceptors (Lipinski definition) is 5. The maximum absolute atomic E-state index is 13.3. The Morgan fingerprint density at radius 2 is 1.75 bits per heavy atom. The van der Waals surface area contributed by atoms with Gasteiger partial charge >= 0.3 is 0 Å². The van der Waals surface area contributed by atoms with E-state index in [9.17, 15) is 4.79 Å². The molecular formula is C31H22Cl2IN3O3. The number of rotatable bonds is 8. The zero-order valence-electron chi connectivity index (χ0n) is 21.2. The summed E-state index contributed by atoms with van der Waals surface area (Å²) in [6.45, 7) is 0.228. The second-order valence-corrected chi connectivity index (χ2v) is 10.8. The highest BCUT2D eigenvalue weighted by Gasteiger charge is 2.15. The minimum absolute atomic E-state index is 0.228. The number of ether oxygens (including phenoxy) is 2. The van der Waals surface area contributed by atoms with Gasteiger partial charge in [-0.2, -0.15) is 5.10 Å². The molecule has 9 heteroatoms. The van der Waals surface area contributed by atoms with Gasteiger partial charge in [0.15, 0.2) is 11.5 Å². The number of fused-ring (bicyclic) bond motifs is 1. The number of carbonyl (C=O) groups excluding carboxylic acids is 1. The molecule has 0 saturated carbocycles. The third-order valence-electron chi connectivity index (χ3n) is 6.04. The molecule has 0 saturated heterocycles. The zero-order valence-corrected chi connectivity index (χ0v) is 24.9. The maximum Gasteiger partial charge on any atom is 0.272 e. The van der Waals surface area contributed by atoms with E-state index in [1.165, 1.54) is 6.21 Å². The van der Waals surface area contributed by atoms with Crippen LogP contribution in [0.1, 0.15) is 21.5 Å². The number of methoxy groups -OCH3 is 1. The molecule has 0 bridgehead atoms. The zero-order chi connectivity index (χ0) is 28.1. The smallest absolute Gasteiger partial charge is 0.272 e. The molecule has 5 rings (SSSR count). The SMILES string of the molecule is COc1cc(I)cc(/C=N\NC(=O)c2cc(-c3ccccc3)nc3ccccc23)c1OCc1ccc(Cl)c(Cl)c1. The number of hydrogen-bond donors (Lipinski definition) is 1. The van der Waals surface area contributed by atoms with Crippen LogP contribution in [0.4, 0.5) is 0 Å². The third kappa shape index (κ3) is 6.38. The van der Waals surface area contributed by atoms with Crippen molar-refractivity contribution in [2.75, 3.05) is 7.11 Å². The molecule has 1 amide bonds. The molecule has 0 spiro atoms. The van der Waals surface area contributed by atoms with Crippen LogP contribution >= 0.6 is 45.8 Å². The predicted octanol–water partition coefficient (Wildman–Crippen LogP) is 8.16. The van der Waals surface area contributed by atoms with Crippen molar-refractivity contribution in [1.29, 1.82) is 0 Å². The molecule has 0 aliphatic rings. The number of para-hydroxylation sites is 1. The van der Waals surface area contributed by atoms with E-state index in [1.807, 2.05) is 72.8 Å². The van der Waals surface area contributed by atoms with Gasteiger partial charge in [0.25, 0.3) is 5.91 Å². The van der Waals surface area contributed by atoms with E-state index in [-0.39, 0.29) is 12.5 Å². The van der Waals surface area contributed by atoms with Crippen molar-refractivity contribution in [2.45, 2.75) is 6.61 Å². The van der Waals surface area contributed by atoms with Gasteiger partial charge in [-0.25, -0.2) is 10.4 Å². The van der Waals surface area contributed by atoms with Gasteiger partial charge in [-0.15, -0.1) is 0 Å². The highest BCUT2D eigenvalue weighted by Crippen LogP contribution is 2.34. The first-order chi connectivity index (χ1) is 19.4. The molecule has 1 heterocycles. The van der Waals surface area contributed by atoms with Crippen molar-refractivity contribution in [3.05, 3.63) is 121 Å². The summed E-state index contributed by atoms with van der Waals surface area (Å²) in [4.78, 5) is 18.1. The molecular weight excluding hydrogens is 660 g/mol. The number of pyridine rings is 1. The lowest BCUT2D eigenvalue weighted by atomic mass is 10.0. The Kier molecular flexibility index (Phi) is 8.84. The Labute approximate surface area is 255 Å². The predicted molar refractivity (Wildman–Crippen MR) is 169 cm³/mol. The quantitative estimate of drug-likeness (QED) is 0.102. The summed E-state index contributed by atoms with van der Waals surface area (Å²) < 4.78 is 12.6. The van der Waals surface area contributed by atoms with E-state index in [1.54, 1.807) is 25.3 Å². The first-order valence-electron chi connectivity index (χ1n) is 12.2. The fraction of sp³-hybridized carbons (Fsp3) is 0.0645. The second kappa shape index (κ2) is 12.7. The van der Waals surface area contributed by atoms with Crippen molar-refractivity contribution in [3.8, 4) is 22.8 Å². The van der Waals surface area contributed by atoms with Crippen LogP contribution in [0, 0.1) is 3.57 Å². The maximum atomic E-state index is 13.3. The highest BCUT2D eigenvalue weighted by molar-refractivity contribution is 14.1. The normalized spacial score (nSPS) is 11.1. The number of benzene rings is 4. The van der Waals surface area contributed by atoms with E-state index in [0.29, 0.717) is 38.4 Å². The molecule has 1 N–H and O–H groups in total. The summed E-state index contributed by atoms with van der Waals surface area (Å²) in [6.07, 6.45) is 1.54. The molecule has 0 unspecified atom stereocenters. The molecule has 4 aromatic carbocycles. The number of carbonyl (C=O) groups is 1. The molecule has 40 heavy (non-hydrogen) atoms. The number of amides is 1. The lowest BCUT2D eigenvalue weighted by Gasteiger charge is -2.14. The molecule has 0 fully saturated rings. The first kappa shape index (κ1) is 27.9. The topological polar surface area (TPSA) is 72.8 Å². The van der Waals surface area contributed by atoms with Crippen LogP contribution in [-0.4, -0.2) is 24.2 Å². The second-order valence-electron chi connectivity index (χ2n) is 8.70. The van der Waals surface area contributed by atoms with Gasteiger partial charge in [0.2, 0.25) is 0 Å². The summed E-state index contributed by atoms with van der Waals surface area (Å²) >= 11 is 14.4. The van der Waals surface area contributed by atoms with Gasteiger partial charge in [-0.05, 0) is 64.6 Å². The van der Waals surface area contributed by atoms with E-state index in [2.05, 4.69) is 33.1 Å². The van der Waals surface area contributed by atoms with Crippen molar-refractivity contribution >= 4 is 68.8 Å². The van der Waals surface area contributed by atoms with Gasteiger partial charge in [0.05, 0.1) is 40.1 Å². The van der Waals surface area contributed by atoms with Crippen molar-refractivity contribution in [3.63, 3.8) is 0 Å². The van der Waals surface area contributed by atoms with Gasteiger partial charge in [0, 0.05) is 20.1 Å². The van der Waals surface area contributed by atoms with E-state index >= 15 is 0 Å². The third-order valence-corrected chi connectivity index (χ3v) is 7.40. The van der Waals surface area contributed by atoms with Crippen LogP contribution in [0.2, 0.25) is 10.0 Å². The Balaban J connectivity index is 1.42. The molecule has 0 aliphatic carbocycles. The van der Waals surface area contributed by atoms with Crippen LogP contribution < -0.4 is 14.9 Å². The average molecular weight is 682 g/mol. The number of hydrazone groups is 1. The van der Waals surface area contributed by atoms with E-state index in [0.717, 1.165) is 25.6 Å². The van der Waals surface area contributed by atoms with Crippen LogP contribution in [-0.2, 0) is 6.61 Å². The summed E-state index contributed by atoms with van der Waals surface area (Å²) in [7, 11) is 1.57. The number of nitrogens with zero attached hydrogens (tertiary/aromatic N) is 2. The van der Waals surface area contributed by atoms with Gasteiger partial charge in [-0.1, -0.05) is 77.8 Å². The summed E-state index contributed by atoms with van der Waals surface area (Å²) in [5, 5.41) is 5.91. The van der Waals surface area contributed by atoms with Crippen LogP contribution in [0.15, 0.2) is 96.1 Å². The number of nitrogens with one attached hydrogen (secondary N) is 1. The molecule has 0 aliphatic heterocycles. The molecule has 0 atom stereocenters. The molecule has 0 radical (unpaired) electrons. The lowest BCUT2D eigenvalue weighted by molar-refractivity contribution is 0.0956. The van der Waals surface area contributed by atoms with Crippen LogP contribution in [0.3, 0.4) is 0 Å². The molecule has 1 aromatic heterocycles. The lowest BCUT2D eigenvalue weighted by Crippen LogP contribution is -2.18. The van der Waals surface area contributed by atoms with Gasteiger partial charge in [-0.3, -0.25) is 4.79 Å². The summed E-state index contributed by atoms with van der Waals surface area (Å²) in [6, 6.07) is 28.1. The fourth-order valence-electron chi connectivity index (χ4n) is 4.12. The fourth-order valence-corrected chi connectivity index (χ4v) is 5.06. The van der Waals surface area contributed by atoms with Crippen molar-refractivity contribution in [1.82, 2.24) is 10.4 Å². The number of aromatic nitrogens is 1. The Hall–Kier alpha value is -3.66. The Morgan fingerprint density at radius 1 is 0.975 bits per heavy atom. The Morgan fingerprint density at radius 3 is 2.52 bits per heavy atom. The Bertz CT molecular complexity index is 1730. The minimum atomic E-state index is -0.358. The van der Waals surface area contributed by atoms with Crippen molar-refractivity contribution < 1.29 is 14.3 Å². The molecule has 5 aromatic rings. The van der Waals surface area contributed by atoms with E-state index < -0.39 is 0 Å². The summed E-state index contributed by atoms with van der Waals surface area (Å²) in [5.41, 5.74) is 6.94. The standard InChI is InChI=1S/C31H22Cl2IN3O3/c1-39-29-15-22(34)14-21(30(29)40-18-19-11-12-25(32)26(33)13-19)17-35-37-31(38)24-16-28(20-7-3-2-4-8-20)36-27-10-6-5-9-23(24)27/h2-17H,18H2,1H3,(H,37,38)/b35-17-. The van der Waals surface area contributed by atoms with E-state index in [4.69, 9.17) is 37.7 Å². The van der Waals surface area contributed by atoms with Crippen molar-refractivity contribution in [2.24, 2.45) is 5.10 Å². The summed E-state index contributed by atoms with van der Waals surface area (Å²) in [5.74, 6) is 0.656.